The Hall–Kier alpha value is -1.81. The number of hydrogen-bond donors (Lipinski definition) is 2. The standard InChI is InChI=1S/C16H21N3O/c1-11-8-12-13(9-18-11)14(17)4-5-15(12)19-7-3-6-16(2,20)10-19/h4-5,8-9,20H,3,6-7,10,17H2,1-2H3. The zero-order valence-corrected chi connectivity index (χ0v) is 12.1. The van der Waals surface area contributed by atoms with Crippen LogP contribution in [0.3, 0.4) is 0 Å². The highest BCUT2D eigenvalue weighted by molar-refractivity contribution is 6.01. The van der Waals surface area contributed by atoms with Crippen LogP contribution in [-0.2, 0) is 0 Å². The number of aryl methyl sites for hydroxylation is 1. The molecule has 0 amide bonds. The number of β-amino-alcohol motifs (C(OH)–C–C–N with tert-alkyl or cyclic N) is 1. The van der Waals surface area contributed by atoms with E-state index in [0.717, 1.165) is 47.2 Å². The third-order valence-corrected chi connectivity index (χ3v) is 4.06. The minimum atomic E-state index is -0.617. The third kappa shape index (κ3) is 2.31. The Labute approximate surface area is 119 Å². The van der Waals surface area contributed by atoms with Crippen LogP contribution in [0.1, 0.15) is 25.5 Å². The van der Waals surface area contributed by atoms with Crippen molar-refractivity contribution in [3.05, 3.63) is 30.1 Å². The number of nitrogens with zero attached hydrogens (tertiary/aromatic N) is 2. The van der Waals surface area contributed by atoms with E-state index in [1.807, 2.05) is 26.1 Å². The topological polar surface area (TPSA) is 62.4 Å². The van der Waals surface area contributed by atoms with E-state index in [2.05, 4.69) is 22.0 Å². The molecule has 1 aliphatic heterocycles. The van der Waals surface area contributed by atoms with Gasteiger partial charge in [-0.15, -0.1) is 0 Å². The summed E-state index contributed by atoms with van der Waals surface area (Å²) in [6.07, 6.45) is 3.70. The lowest BCUT2D eigenvalue weighted by Gasteiger charge is -2.38. The van der Waals surface area contributed by atoms with Crippen molar-refractivity contribution in [1.82, 2.24) is 4.98 Å². The SMILES string of the molecule is Cc1cc2c(N3CCCC(C)(O)C3)ccc(N)c2cn1. The Morgan fingerprint density at radius 2 is 2.15 bits per heavy atom. The molecule has 0 spiro atoms. The number of nitrogen functional groups attached to an aromatic ring is 1. The molecule has 2 aromatic rings. The van der Waals surface area contributed by atoms with Crippen molar-refractivity contribution in [2.45, 2.75) is 32.3 Å². The van der Waals surface area contributed by atoms with Gasteiger partial charge in [-0.25, -0.2) is 0 Å². The van der Waals surface area contributed by atoms with Crippen LogP contribution in [0.15, 0.2) is 24.4 Å². The van der Waals surface area contributed by atoms with E-state index in [4.69, 9.17) is 5.73 Å². The Morgan fingerprint density at radius 1 is 1.35 bits per heavy atom. The van der Waals surface area contributed by atoms with Crippen molar-refractivity contribution in [3.63, 3.8) is 0 Å². The summed E-state index contributed by atoms with van der Waals surface area (Å²) in [5, 5.41) is 12.4. The molecule has 20 heavy (non-hydrogen) atoms. The van der Waals surface area contributed by atoms with E-state index in [-0.39, 0.29) is 0 Å². The van der Waals surface area contributed by atoms with Crippen LogP contribution in [0.2, 0.25) is 0 Å². The van der Waals surface area contributed by atoms with Gasteiger partial charge in [0.1, 0.15) is 0 Å². The van der Waals surface area contributed by atoms with Crippen LogP contribution in [0.4, 0.5) is 11.4 Å². The molecule has 2 heterocycles. The summed E-state index contributed by atoms with van der Waals surface area (Å²) in [5.41, 5.74) is 8.30. The molecule has 3 N–H and O–H groups in total. The van der Waals surface area contributed by atoms with E-state index >= 15 is 0 Å². The molecule has 1 fully saturated rings. The molecular weight excluding hydrogens is 250 g/mol. The lowest BCUT2D eigenvalue weighted by atomic mass is 9.94. The molecule has 1 aromatic heterocycles. The predicted octanol–water partition coefficient (Wildman–Crippen LogP) is 2.48. The fourth-order valence-electron chi connectivity index (χ4n) is 3.05. The van der Waals surface area contributed by atoms with E-state index in [1.54, 1.807) is 0 Å². The van der Waals surface area contributed by atoms with Crippen LogP contribution in [0.5, 0.6) is 0 Å². The van der Waals surface area contributed by atoms with Crippen molar-refractivity contribution in [2.24, 2.45) is 0 Å². The predicted molar refractivity (Wildman–Crippen MR) is 83.0 cm³/mol. The molecule has 0 bridgehead atoms. The molecule has 1 unspecified atom stereocenters. The number of fused-ring (bicyclic) bond motifs is 1. The molecule has 0 radical (unpaired) electrons. The van der Waals surface area contributed by atoms with Gasteiger partial charge in [0.05, 0.1) is 5.60 Å². The van der Waals surface area contributed by atoms with Crippen LogP contribution >= 0.6 is 0 Å². The van der Waals surface area contributed by atoms with Gasteiger partial charge in [0.25, 0.3) is 0 Å². The maximum absolute atomic E-state index is 10.3. The average Bonchev–Trinajstić information content (AvgIpc) is 2.37. The van der Waals surface area contributed by atoms with Crippen molar-refractivity contribution < 1.29 is 5.11 Å². The first-order chi connectivity index (χ1) is 9.46. The molecule has 4 heteroatoms. The van der Waals surface area contributed by atoms with Crippen LogP contribution in [-0.4, -0.2) is 28.8 Å². The number of benzene rings is 1. The van der Waals surface area contributed by atoms with Gasteiger partial charge in [-0.05, 0) is 44.9 Å². The summed E-state index contributed by atoms with van der Waals surface area (Å²) >= 11 is 0. The average molecular weight is 271 g/mol. The zero-order valence-electron chi connectivity index (χ0n) is 12.1. The second-order valence-corrected chi connectivity index (χ2v) is 6.07. The number of nitrogens with two attached hydrogens (primary N) is 1. The highest BCUT2D eigenvalue weighted by Gasteiger charge is 2.29. The second kappa shape index (κ2) is 4.63. The number of aliphatic hydroxyl groups is 1. The van der Waals surface area contributed by atoms with Crippen LogP contribution in [0.25, 0.3) is 10.8 Å². The monoisotopic (exact) mass is 271 g/mol. The number of pyridine rings is 1. The molecule has 1 aromatic carbocycles. The number of anilines is 2. The van der Waals surface area contributed by atoms with E-state index in [1.165, 1.54) is 0 Å². The van der Waals surface area contributed by atoms with Gasteiger partial charge in [-0.1, -0.05) is 0 Å². The molecule has 106 valence electrons. The Kier molecular flexibility index (Phi) is 3.05. The molecule has 4 nitrogen and oxygen atoms in total. The van der Waals surface area contributed by atoms with Gasteiger partial charge in [0.15, 0.2) is 0 Å². The summed E-state index contributed by atoms with van der Waals surface area (Å²) in [7, 11) is 0. The van der Waals surface area contributed by atoms with Crippen molar-refractivity contribution in [2.75, 3.05) is 23.7 Å². The lowest BCUT2D eigenvalue weighted by Crippen LogP contribution is -2.46. The Balaban J connectivity index is 2.11. The molecule has 1 saturated heterocycles. The summed E-state index contributed by atoms with van der Waals surface area (Å²) < 4.78 is 0. The van der Waals surface area contributed by atoms with Gasteiger partial charge in [-0.2, -0.15) is 0 Å². The fraction of sp³-hybridized carbons (Fsp3) is 0.438. The van der Waals surface area contributed by atoms with Crippen molar-refractivity contribution in [3.8, 4) is 0 Å². The number of aromatic nitrogens is 1. The molecule has 1 aliphatic rings. The lowest BCUT2D eigenvalue weighted by molar-refractivity contribution is 0.0450. The largest absolute Gasteiger partial charge is 0.398 e. The van der Waals surface area contributed by atoms with Gasteiger partial charge >= 0.3 is 0 Å². The summed E-state index contributed by atoms with van der Waals surface area (Å²) in [4.78, 5) is 6.59. The second-order valence-electron chi connectivity index (χ2n) is 6.07. The molecule has 3 rings (SSSR count). The number of hydrogen-bond acceptors (Lipinski definition) is 4. The van der Waals surface area contributed by atoms with E-state index < -0.39 is 5.60 Å². The molecule has 1 atom stereocenters. The van der Waals surface area contributed by atoms with E-state index in [0.29, 0.717) is 6.54 Å². The first kappa shape index (κ1) is 13.2. The first-order valence-electron chi connectivity index (χ1n) is 7.08. The van der Waals surface area contributed by atoms with Gasteiger partial charge in [0, 0.05) is 47.1 Å². The maximum Gasteiger partial charge on any atom is 0.0794 e. The van der Waals surface area contributed by atoms with Gasteiger partial charge in [-0.3, -0.25) is 4.98 Å². The van der Waals surface area contributed by atoms with Crippen molar-refractivity contribution in [1.29, 1.82) is 0 Å². The van der Waals surface area contributed by atoms with Crippen LogP contribution < -0.4 is 10.6 Å². The minimum absolute atomic E-state index is 0.617. The zero-order chi connectivity index (χ0) is 14.3. The first-order valence-corrected chi connectivity index (χ1v) is 7.08. The summed E-state index contributed by atoms with van der Waals surface area (Å²) in [6, 6.07) is 6.06. The Bertz CT molecular complexity index is 651. The summed E-state index contributed by atoms with van der Waals surface area (Å²) in [5.74, 6) is 0. The Morgan fingerprint density at radius 3 is 2.90 bits per heavy atom. The molecular formula is C16H21N3O. The fourth-order valence-corrected chi connectivity index (χ4v) is 3.05. The van der Waals surface area contributed by atoms with Crippen molar-refractivity contribution >= 4 is 22.1 Å². The third-order valence-electron chi connectivity index (χ3n) is 4.06. The highest BCUT2D eigenvalue weighted by atomic mass is 16.3. The van der Waals surface area contributed by atoms with Crippen LogP contribution in [0, 0.1) is 6.92 Å². The van der Waals surface area contributed by atoms with E-state index in [9.17, 15) is 5.11 Å². The molecule has 0 aliphatic carbocycles. The highest BCUT2D eigenvalue weighted by Crippen LogP contribution is 2.34. The maximum atomic E-state index is 10.3. The van der Waals surface area contributed by atoms with Gasteiger partial charge in [0.2, 0.25) is 0 Å². The summed E-state index contributed by atoms with van der Waals surface area (Å²) in [6.45, 7) is 5.52. The quantitative estimate of drug-likeness (QED) is 0.782. The minimum Gasteiger partial charge on any atom is -0.398 e. The smallest absolute Gasteiger partial charge is 0.0794 e. The molecule has 0 saturated carbocycles. The van der Waals surface area contributed by atoms with Gasteiger partial charge < -0.3 is 15.7 Å². The normalized spacial score (nSPS) is 23.2. The number of rotatable bonds is 1. The number of piperidine rings is 1.